The summed E-state index contributed by atoms with van der Waals surface area (Å²) in [4.78, 5) is 19.4. The van der Waals surface area contributed by atoms with E-state index >= 15 is 0 Å². The van der Waals surface area contributed by atoms with Crippen molar-refractivity contribution in [3.8, 4) is 11.5 Å². The van der Waals surface area contributed by atoms with E-state index in [4.69, 9.17) is 14.6 Å². The van der Waals surface area contributed by atoms with Crippen LogP contribution in [0.25, 0.3) is 0 Å². The SMILES string of the molecule is COc1cc(C=Nc2ccc(C(=O)O)cc2)ccc1OCc1ccccn1. The van der Waals surface area contributed by atoms with Gasteiger partial charge in [-0.05, 0) is 60.2 Å². The Morgan fingerprint density at radius 3 is 2.59 bits per heavy atom. The molecule has 1 N–H and O–H groups in total. The standard InChI is InChI=1S/C21H18N2O4/c1-26-20-12-15(13-23-17-8-6-16(7-9-17)21(24)25)5-10-19(20)27-14-18-4-2-3-11-22-18/h2-13H,14H2,1H3,(H,24,25). The van der Waals surface area contributed by atoms with Crippen molar-refractivity contribution < 1.29 is 19.4 Å². The zero-order chi connectivity index (χ0) is 19.1. The van der Waals surface area contributed by atoms with Crippen LogP contribution in [0.3, 0.4) is 0 Å². The smallest absolute Gasteiger partial charge is 0.335 e. The molecule has 0 radical (unpaired) electrons. The number of methoxy groups -OCH3 is 1. The highest BCUT2D eigenvalue weighted by atomic mass is 16.5. The van der Waals surface area contributed by atoms with Gasteiger partial charge in [-0.2, -0.15) is 0 Å². The molecule has 0 aliphatic heterocycles. The molecule has 6 nitrogen and oxygen atoms in total. The average Bonchev–Trinajstić information content (AvgIpc) is 2.72. The molecular weight excluding hydrogens is 344 g/mol. The zero-order valence-corrected chi connectivity index (χ0v) is 14.7. The number of hydrogen-bond donors (Lipinski definition) is 1. The minimum atomic E-state index is -0.962. The summed E-state index contributed by atoms with van der Waals surface area (Å²) in [7, 11) is 1.58. The van der Waals surface area contributed by atoms with Crippen LogP contribution in [0, 0.1) is 0 Å². The number of carbonyl (C=O) groups is 1. The number of rotatable bonds is 7. The number of carboxylic acids is 1. The highest BCUT2D eigenvalue weighted by Crippen LogP contribution is 2.28. The molecule has 0 atom stereocenters. The minimum absolute atomic E-state index is 0.227. The van der Waals surface area contributed by atoms with Crippen molar-refractivity contribution in [1.29, 1.82) is 0 Å². The number of carboxylic acid groups (broad SMARTS) is 1. The molecule has 1 aromatic heterocycles. The first-order valence-electron chi connectivity index (χ1n) is 8.24. The van der Waals surface area contributed by atoms with E-state index in [0.717, 1.165) is 11.3 Å². The quantitative estimate of drug-likeness (QED) is 0.640. The summed E-state index contributed by atoms with van der Waals surface area (Å²) in [5, 5.41) is 8.92. The van der Waals surface area contributed by atoms with Crippen molar-refractivity contribution in [1.82, 2.24) is 4.98 Å². The van der Waals surface area contributed by atoms with Crippen molar-refractivity contribution in [2.24, 2.45) is 4.99 Å². The average molecular weight is 362 g/mol. The molecule has 6 heteroatoms. The largest absolute Gasteiger partial charge is 0.493 e. The zero-order valence-electron chi connectivity index (χ0n) is 14.7. The van der Waals surface area contributed by atoms with E-state index in [0.29, 0.717) is 23.8 Å². The fourth-order valence-electron chi connectivity index (χ4n) is 2.36. The van der Waals surface area contributed by atoms with E-state index in [-0.39, 0.29) is 5.56 Å². The topological polar surface area (TPSA) is 81.0 Å². The summed E-state index contributed by atoms with van der Waals surface area (Å²) in [6.07, 6.45) is 3.40. The summed E-state index contributed by atoms with van der Waals surface area (Å²) >= 11 is 0. The Hall–Kier alpha value is -3.67. The van der Waals surface area contributed by atoms with E-state index in [1.807, 2.05) is 36.4 Å². The van der Waals surface area contributed by atoms with E-state index < -0.39 is 5.97 Å². The van der Waals surface area contributed by atoms with E-state index in [1.165, 1.54) is 12.1 Å². The molecule has 0 amide bonds. The van der Waals surface area contributed by atoms with Gasteiger partial charge in [0.25, 0.3) is 0 Å². The van der Waals surface area contributed by atoms with Gasteiger partial charge in [0.15, 0.2) is 11.5 Å². The molecule has 0 aliphatic rings. The number of ether oxygens (including phenoxy) is 2. The second-order valence-corrected chi connectivity index (χ2v) is 5.63. The molecule has 3 aromatic rings. The van der Waals surface area contributed by atoms with Crippen LogP contribution in [0.5, 0.6) is 11.5 Å². The van der Waals surface area contributed by atoms with Gasteiger partial charge >= 0.3 is 5.97 Å². The summed E-state index contributed by atoms with van der Waals surface area (Å²) < 4.78 is 11.2. The van der Waals surface area contributed by atoms with Gasteiger partial charge in [0, 0.05) is 12.4 Å². The van der Waals surface area contributed by atoms with Crippen LogP contribution in [-0.4, -0.2) is 29.4 Å². The van der Waals surface area contributed by atoms with Crippen molar-refractivity contribution in [2.45, 2.75) is 6.61 Å². The number of benzene rings is 2. The molecule has 1 heterocycles. The van der Waals surface area contributed by atoms with Gasteiger partial charge in [-0.3, -0.25) is 9.98 Å². The first-order chi connectivity index (χ1) is 13.2. The lowest BCUT2D eigenvalue weighted by atomic mass is 10.2. The predicted molar refractivity (Wildman–Crippen MR) is 102 cm³/mol. The third kappa shape index (κ3) is 4.92. The van der Waals surface area contributed by atoms with Crippen LogP contribution in [0.2, 0.25) is 0 Å². The molecule has 27 heavy (non-hydrogen) atoms. The number of hydrogen-bond acceptors (Lipinski definition) is 5. The molecule has 0 saturated heterocycles. The fourth-order valence-corrected chi connectivity index (χ4v) is 2.36. The Morgan fingerprint density at radius 2 is 1.93 bits per heavy atom. The van der Waals surface area contributed by atoms with Gasteiger partial charge in [-0.25, -0.2) is 4.79 Å². The molecule has 0 saturated carbocycles. The Kier molecular flexibility index (Phi) is 5.79. The summed E-state index contributed by atoms with van der Waals surface area (Å²) in [6, 6.07) is 17.5. The number of aromatic nitrogens is 1. The van der Waals surface area contributed by atoms with Crippen LogP contribution in [0.1, 0.15) is 21.6 Å². The molecule has 0 bridgehead atoms. The van der Waals surface area contributed by atoms with Crippen LogP contribution in [-0.2, 0) is 6.61 Å². The maximum absolute atomic E-state index is 10.9. The molecule has 0 spiro atoms. The second-order valence-electron chi connectivity index (χ2n) is 5.63. The molecule has 0 aliphatic carbocycles. The molecule has 136 valence electrons. The van der Waals surface area contributed by atoms with Gasteiger partial charge in [-0.1, -0.05) is 6.07 Å². The monoisotopic (exact) mass is 362 g/mol. The normalized spacial score (nSPS) is 10.7. The van der Waals surface area contributed by atoms with Crippen LogP contribution in [0.4, 0.5) is 5.69 Å². The van der Waals surface area contributed by atoms with Gasteiger partial charge in [0.1, 0.15) is 6.61 Å². The van der Waals surface area contributed by atoms with Crippen LogP contribution < -0.4 is 9.47 Å². The molecule has 2 aromatic carbocycles. The summed E-state index contributed by atoms with van der Waals surface area (Å²) in [5.41, 5.74) is 2.55. The Bertz CT molecular complexity index is 938. The van der Waals surface area contributed by atoms with E-state index in [9.17, 15) is 4.79 Å². The molecule has 0 fully saturated rings. The molecule has 3 rings (SSSR count). The predicted octanol–water partition coefficient (Wildman–Crippen LogP) is 4.12. The summed E-state index contributed by atoms with van der Waals surface area (Å²) in [5.74, 6) is 0.249. The number of pyridine rings is 1. The van der Waals surface area contributed by atoms with Gasteiger partial charge in [0.2, 0.25) is 0 Å². The van der Waals surface area contributed by atoms with Crippen molar-refractivity contribution in [3.63, 3.8) is 0 Å². The second kappa shape index (κ2) is 8.62. The van der Waals surface area contributed by atoms with Gasteiger partial charge in [-0.15, -0.1) is 0 Å². The first kappa shape index (κ1) is 18.1. The number of nitrogens with zero attached hydrogens (tertiary/aromatic N) is 2. The lowest BCUT2D eigenvalue weighted by Crippen LogP contribution is -1.99. The Balaban J connectivity index is 1.70. The van der Waals surface area contributed by atoms with Crippen molar-refractivity contribution >= 4 is 17.9 Å². The molecular formula is C21H18N2O4. The highest BCUT2D eigenvalue weighted by Gasteiger charge is 2.06. The summed E-state index contributed by atoms with van der Waals surface area (Å²) in [6.45, 7) is 0.348. The van der Waals surface area contributed by atoms with Crippen LogP contribution in [0.15, 0.2) is 71.9 Å². The van der Waals surface area contributed by atoms with E-state index in [2.05, 4.69) is 9.98 Å². The van der Waals surface area contributed by atoms with Gasteiger partial charge < -0.3 is 14.6 Å². The number of aromatic carboxylic acids is 1. The van der Waals surface area contributed by atoms with Crippen molar-refractivity contribution in [2.75, 3.05) is 7.11 Å². The maximum Gasteiger partial charge on any atom is 0.335 e. The Morgan fingerprint density at radius 1 is 1.11 bits per heavy atom. The Labute approximate surface area is 156 Å². The minimum Gasteiger partial charge on any atom is -0.493 e. The fraction of sp³-hybridized carbons (Fsp3) is 0.0952. The maximum atomic E-state index is 10.9. The van der Waals surface area contributed by atoms with E-state index in [1.54, 1.807) is 31.7 Å². The first-order valence-corrected chi connectivity index (χ1v) is 8.24. The lowest BCUT2D eigenvalue weighted by Gasteiger charge is -2.11. The van der Waals surface area contributed by atoms with Crippen molar-refractivity contribution in [3.05, 3.63) is 83.7 Å². The number of aliphatic imine (C=N–C) groups is 1. The highest BCUT2D eigenvalue weighted by molar-refractivity contribution is 5.88. The lowest BCUT2D eigenvalue weighted by molar-refractivity contribution is 0.0697. The third-order valence-electron chi connectivity index (χ3n) is 3.77. The third-order valence-corrected chi connectivity index (χ3v) is 3.77. The molecule has 0 unspecified atom stereocenters. The van der Waals surface area contributed by atoms with Crippen LogP contribution >= 0.6 is 0 Å². The van der Waals surface area contributed by atoms with Gasteiger partial charge in [0.05, 0.1) is 24.1 Å².